The number of hydrogen-bond donors (Lipinski definition) is 2. The van der Waals surface area contributed by atoms with Gasteiger partial charge in [-0.1, -0.05) is 30.3 Å². The SMILES string of the molecule is COc1cc2ncnc(N3CCN(C4NCC(Cc5ccccc5)C(=O)N4)CC3)c2cc1OC[C@@H]1CCCN(C)C1. The van der Waals surface area contributed by atoms with Gasteiger partial charge in [0.2, 0.25) is 5.91 Å². The van der Waals surface area contributed by atoms with Gasteiger partial charge in [0.05, 0.1) is 25.2 Å². The Hall–Kier alpha value is -3.47. The van der Waals surface area contributed by atoms with Crippen LogP contribution in [0, 0.1) is 11.8 Å². The second kappa shape index (κ2) is 12.6. The third-order valence-electron chi connectivity index (χ3n) is 8.61. The second-order valence-electron chi connectivity index (χ2n) is 11.5. The molecule has 0 aliphatic carbocycles. The number of rotatable bonds is 8. The minimum absolute atomic E-state index is 0.0604. The molecule has 2 unspecified atom stereocenters. The number of ether oxygens (including phenoxy) is 2. The van der Waals surface area contributed by atoms with Crippen molar-refractivity contribution in [3.8, 4) is 11.5 Å². The fraction of sp³-hybridized carbons (Fsp3) is 0.516. The molecule has 0 radical (unpaired) electrons. The maximum Gasteiger partial charge on any atom is 0.226 e. The zero-order valence-corrected chi connectivity index (χ0v) is 24.1. The average molecular weight is 560 g/mol. The van der Waals surface area contributed by atoms with Crippen molar-refractivity contribution in [3.05, 3.63) is 54.4 Å². The Morgan fingerprint density at radius 3 is 2.61 bits per heavy atom. The molecule has 3 aliphatic heterocycles. The standard InChI is InChI=1S/C31H41N7O3/c1-36-10-6-9-23(19-36)20-41-28-16-25-26(17-27(28)40-2)33-21-34-29(25)37-11-13-38(14-12-37)31-32-18-24(30(39)35-31)15-22-7-4-3-5-8-22/h3-5,7-8,16-17,21,23-24,31-32H,6,9-15,18-20H2,1-2H3,(H,35,39)/t23-,24?,31?/m1/s1. The van der Waals surface area contributed by atoms with Crippen molar-refractivity contribution >= 4 is 22.6 Å². The van der Waals surface area contributed by atoms with E-state index >= 15 is 0 Å². The fourth-order valence-corrected chi connectivity index (χ4v) is 6.32. The van der Waals surface area contributed by atoms with Crippen LogP contribution in [0.4, 0.5) is 5.82 Å². The molecule has 0 spiro atoms. The Labute approximate surface area is 242 Å². The lowest BCUT2D eigenvalue weighted by molar-refractivity contribution is -0.130. The predicted octanol–water partition coefficient (Wildman–Crippen LogP) is 2.34. The zero-order valence-electron chi connectivity index (χ0n) is 24.1. The molecule has 10 heteroatoms. The van der Waals surface area contributed by atoms with Gasteiger partial charge in [-0.05, 0) is 44.5 Å². The molecule has 218 valence electrons. The van der Waals surface area contributed by atoms with Crippen molar-refractivity contribution < 1.29 is 14.3 Å². The lowest BCUT2D eigenvalue weighted by atomic mass is 9.97. The van der Waals surface area contributed by atoms with Crippen LogP contribution in [0.25, 0.3) is 10.9 Å². The van der Waals surface area contributed by atoms with Crippen LogP contribution < -0.4 is 25.0 Å². The molecule has 41 heavy (non-hydrogen) atoms. The normalized spacial score (nSPS) is 24.3. The number of nitrogens with zero attached hydrogens (tertiary/aromatic N) is 5. The Balaban J connectivity index is 1.09. The van der Waals surface area contributed by atoms with Crippen LogP contribution in [-0.4, -0.2) is 98.5 Å². The molecule has 2 aromatic carbocycles. The van der Waals surface area contributed by atoms with Gasteiger partial charge in [-0.3, -0.25) is 15.0 Å². The summed E-state index contributed by atoms with van der Waals surface area (Å²) in [5.41, 5.74) is 2.02. The van der Waals surface area contributed by atoms with Crippen LogP contribution in [-0.2, 0) is 11.2 Å². The zero-order chi connectivity index (χ0) is 28.2. The highest BCUT2D eigenvalue weighted by atomic mass is 16.5. The summed E-state index contributed by atoms with van der Waals surface area (Å²) in [7, 11) is 3.85. The Morgan fingerprint density at radius 1 is 1.02 bits per heavy atom. The van der Waals surface area contributed by atoms with E-state index in [0.717, 1.165) is 68.2 Å². The number of carbonyl (C=O) groups is 1. The molecule has 1 amide bonds. The fourth-order valence-electron chi connectivity index (χ4n) is 6.32. The van der Waals surface area contributed by atoms with Crippen molar-refractivity contribution in [2.45, 2.75) is 25.6 Å². The van der Waals surface area contributed by atoms with Crippen molar-refractivity contribution in [1.29, 1.82) is 0 Å². The lowest BCUT2D eigenvalue weighted by Gasteiger charge is -2.42. The molecule has 3 aliphatic rings. The van der Waals surface area contributed by atoms with Crippen molar-refractivity contribution in [2.24, 2.45) is 11.8 Å². The summed E-state index contributed by atoms with van der Waals surface area (Å²) in [4.78, 5) is 29.1. The Morgan fingerprint density at radius 2 is 1.85 bits per heavy atom. The predicted molar refractivity (Wildman–Crippen MR) is 159 cm³/mol. The van der Waals surface area contributed by atoms with Gasteiger partial charge in [0.15, 0.2) is 11.5 Å². The molecule has 3 saturated heterocycles. The minimum Gasteiger partial charge on any atom is -0.493 e. The van der Waals surface area contributed by atoms with Gasteiger partial charge < -0.3 is 24.6 Å². The number of piperidine rings is 1. The van der Waals surface area contributed by atoms with Crippen LogP contribution in [0.1, 0.15) is 18.4 Å². The number of amides is 1. The summed E-state index contributed by atoms with van der Waals surface area (Å²) >= 11 is 0. The molecule has 3 atom stereocenters. The van der Waals surface area contributed by atoms with E-state index in [2.05, 4.69) is 49.5 Å². The smallest absolute Gasteiger partial charge is 0.226 e. The number of fused-ring (bicyclic) bond motifs is 1. The first kappa shape index (κ1) is 27.7. The maximum atomic E-state index is 12.9. The van der Waals surface area contributed by atoms with Gasteiger partial charge in [0.25, 0.3) is 0 Å². The quantitative estimate of drug-likeness (QED) is 0.431. The van der Waals surface area contributed by atoms with E-state index in [1.807, 2.05) is 30.3 Å². The van der Waals surface area contributed by atoms with E-state index in [0.29, 0.717) is 24.8 Å². The molecular weight excluding hydrogens is 518 g/mol. The second-order valence-corrected chi connectivity index (χ2v) is 11.5. The lowest BCUT2D eigenvalue weighted by Crippen LogP contribution is -2.66. The third kappa shape index (κ3) is 6.39. The highest BCUT2D eigenvalue weighted by molar-refractivity contribution is 5.92. The molecule has 2 N–H and O–H groups in total. The number of benzene rings is 2. The largest absolute Gasteiger partial charge is 0.493 e. The van der Waals surface area contributed by atoms with Crippen LogP contribution in [0.3, 0.4) is 0 Å². The summed E-state index contributed by atoms with van der Waals surface area (Å²) < 4.78 is 12.0. The number of anilines is 1. The van der Waals surface area contributed by atoms with E-state index in [1.54, 1.807) is 13.4 Å². The average Bonchev–Trinajstić information content (AvgIpc) is 3.01. The number of nitrogens with one attached hydrogen (secondary N) is 2. The van der Waals surface area contributed by atoms with E-state index in [1.165, 1.54) is 18.4 Å². The van der Waals surface area contributed by atoms with Gasteiger partial charge in [-0.25, -0.2) is 9.97 Å². The summed E-state index contributed by atoms with van der Waals surface area (Å²) in [6, 6.07) is 14.2. The summed E-state index contributed by atoms with van der Waals surface area (Å²) in [5.74, 6) is 2.90. The van der Waals surface area contributed by atoms with Crippen molar-refractivity contribution in [3.63, 3.8) is 0 Å². The first-order chi connectivity index (χ1) is 20.1. The monoisotopic (exact) mass is 559 g/mol. The van der Waals surface area contributed by atoms with Crippen molar-refractivity contribution in [1.82, 2.24) is 30.4 Å². The van der Waals surface area contributed by atoms with Gasteiger partial charge in [0.1, 0.15) is 18.4 Å². The highest BCUT2D eigenvalue weighted by Crippen LogP contribution is 2.36. The minimum atomic E-state index is -0.151. The van der Waals surface area contributed by atoms with E-state index in [-0.39, 0.29) is 18.1 Å². The molecular formula is C31H41N7O3. The van der Waals surface area contributed by atoms with Crippen LogP contribution in [0.2, 0.25) is 0 Å². The number of hydrogen-bond acceptors (Lipinski definition) is 9. The molecule has 1 aromatic heterocycles. The van der Waals surface area contributed by atoms with Crippen LogP contribution in [0.15, 0.2) is 48.8 Å². The first-order valence-corrected chi connectivity index (χ1v) is 14.8. The summed E-state index contributed by atoms with van der Waals surface area (Å²) in [6.45, 7) is 6.75. The first-order valence-electron chi connectivity index (χ1n) is 14.8. The van der Waals surface area contributed by atoms with Gasteiger partial charge >= 0.3 is 0 Å². The van der Waals surface area contributed by atoms with E-state index < -0.39 is 0 Å². The molecule has 4 heterocycles. The third-order valence-corrected chi connectivity index (χ3v) is 8.61. The molecule has 10 nitrogen and oxygen atoms in total. The van der Waals surface area contributed by atoms with Crippen molar-refractivity contribution in [2.75, 3.05) is 71.5 Å². The Bertz CT molecular complexity index is 1330. The molecule has 0 bridgehead atoms. The molecule has 0 saturated carbocycles. The molecule has 3 fully saturated rings. The topological polar surface area (TPSA) is 95.1 Å². The van der Waals surface area contributed by atoms with E-state index in [4.69, 9.17) is 14.5 Å². The number of likely N-dealkylation sites (tertiary alicyclic amines) is 1. The summed E-state index contributed by atoms with van der Waals surface area (Å²) in [5, 5.41) is 7.72. The van der Waals surface area contributed by atoms with Crippen LogP contribution >= 0.6 is 0 Å². The number of aromatic nitrogens is 2. The maximum absolute atomic E-state index is 12.9. The molecule has 3 aromatic rings. The highest BCUT2D eigenvalue weighted by Gasteiger charge is 2.33. The van der Waals surface area contributed by atoms with Gasteiger partial charge in [-0.15, -0.1) is 0 Å². The number of methoxy groups -OCH3 is 1. The number of piperazine rings is 1. The molecule has 6 rings (SSSR count). The van der Waals surface area contributed by atoms with Crippen LogP contribution in [0.5, 0.6) is 11.5 Å². The Kier molecular flexibility index (Phi) is 8.50. The van der Waals surface area contributed by atoms with E-state index in [9.17, 15) is 4.79 Å². The van der Waals surface area contributed by atoms with Gasteiger partial charge in [-0.2, -0.15) is 0 Å². The number of carbonyl (C=O) groups excluding carboxylic acids is 1. The summed E-state index contributed by atoms with van der Waals surface area (Å²) in [6.07, 6.45) is 4.61. The van der Waals surface area contributed by atoms with Gasteiger partial charge in [0, 0.05) is 56.6 Å².